The van der Waals surface area contributed by atoms with Gasteiger partial charge in [-0.2, -0.15) is 0 Å². The first kappa shape index (κ1) is 13.6. The highest BCUT2D eigenvalue weighted by molar-refractivity contribution is 6.06. The molecule has 96 valence electrons. The number of nitrogens with zero attached hydrogens (tertiary/aromatic N) is 1. The highest BCUT2D eigenvalue weighted by Crippen LogP contribution is 2.26. The van der Waals surface area contributed by atoms with E-state index in [4.69, 9.17) is 0 Å². The van der Waals surface area contributed by atoms with E-state index < -0.39 is 39.5 Å². The minimum absolute atomic E-state index is 0.705. The van der Waals surface area contributed by atoms with Gasteiger partial charge in [0.25, 0.3) is 5.69 Å². The molecule has 0 amide bonds. The van der Waals surface area contributed by atoms with Crippen LogP contribution in [-0.2, 0) is 9.47 Å². The minimum Gasteiger partial charge on any atom is -0.465 e. The van der Waals surface area contributed by atoms with Crippen LogP contribution in [0.4, 0.5) is 10.1 Å². The molecule has 0 saturated carbocycles. The van der Waals surface area contributed by atoms with Gasteiger partial charge in [-0.25, -0.2) is 14.0 Å². The first-order valence-corrected chi connectivity index (χ1v) is 4.57. The van der Waals surface area contributed by atoms with Gasteiger partial charge in [0, 0.05) is 6.07 Å². The fourth-order valence-electron chi connectivity index (χ4n) is 1.33. The van der Waals surface area contributed by atoms with Crippen LogP contribution in [0.3, 0.4) is 0 Å². The van der Waals surface area contributed by atoms with Gasteiger partial charge in [-0.15, -0.1) is 0 Å². The average molecular weight is 257 g/mol. The second-order valence-electron chi connectivity index (χ2n) is 3.06. The lowest BCUT2D eigenvalue weighted by atomic mass is 10.0. The number of nitro groups is 1. The molecule has 0 saturated heterocycles. The molecule has 0 unspecified atom stereocenters. The van der Waals surface area contributed by atoms with Gasteiger partial charge in [0.15, 0.2) is 5.56 Å². The summed E-state index contributed by atoms with van der Waals surface area (Å²) in [7, 11) is 1.92. The van der Waals surface area contributed by atoms with E-state index in [-0.39, 0.29) is 0 Å². The highest BCUT2D eigenvalue weighted by Gasteiger charge is 2.31. The van der Waals surface area contributed by atoms with Crippen LogP contribution >= 0.6 is 0 Å². The van der Waals surface area contributed by atoms with Gasteiger partial charge in [-0.05, 0) is 6.07 Å². The molecule has 1 aromatic rings. The molecule has 0 N–H and O–H groups in total. The topological polar surface area (TPSA) is 95.7 Å². The summed E-state index contributed by atoms with van der Waals surface area (Å²) in [5, 5.41) is 10.7. The molecule has 1 aromatic carbocycles. The SMILES string of the molecule is COC(=O)c1c(F)ccc([N+](=O)[O-])c1C(=O)OC. The number of halogens is 1. The van der Waals surface area contributed by atoms with Crippen LogP contribution in [0.5, 0.6) is 0 Å². The molecule has 0 aliphatic carbocycles. The Balaban J connectivity index is 3.65. The molecule has 0 spiro atoms. The van der Waals surface area contributed by atoms with Crippen LogP contribution in [0.1, 0.15) is 20.7 Å². The molecule has 0 aliphatic heterocycles. The van der Waals surface area contributed by atoms with E-state index in [1.807, 2.05) is 0 Å². The Morgan fingerprint density at radius 2 is 1.67 bits per heavy atom. The number of nitro benzene ring substituents is 1. The smallest absolute Gasteiger partial charge is 0.345 e. The van der Waals surface area contributed by atoms with E-state index in [9.17, 15) is 24.1 Å². The third-order valence-electron chi connectivity index (χ3n) is 2.11. The third kappa shape index (κ3) is 2.26. The zero-order valence-corrected chi connectivity index (χ0v) is 9.43. The molecular formula is C10H8FNO6. The molecule has 0 heterocycles. The Morgan fingerprint density at radius 3 is 2.11 bits per heavy atom. The Kier molecular flexibility index (Phi) is 3.93. The maximum Gasteiger partial charge on any atom is 0.345 e. The zero-order chi connectivity index (χ0) is 13.9. The van der Waals surface area contributed by atoms with Gasteiger partial charge in [0.05, 0.1) is 19.1 Å². The lowest BCUT2D eigenvalue weighted by molar-refractivity contribution is -0.385. The summed E-state index contributed by atoms with van der Waals surface area (Å²) in [4.78, 5) is 32.6. The number of methoxy groups -OCH3 is 2. The van der Waals surface area contributed by atoms with E-state index >= 15 is 0 Å². The van der Waals surface area contributed by atoms with E-state index in [0.29, 0.717) is 6.07 Å². The molecule has 18 heavy (non-hydrogen) atoms. The van der Waals surface area contributed by atoms with Crippen LogP contribution in [0, 0.1) is 15.9 Å². The molecule has 8 heteroatoms. The predicted octanol–water partition coefficient (Wildman–Crippen LogP) is 1.31. The molecule has 0 aromatic heterocycles. The summed E-state index contributed by atoms with van der Waals surface area (Å²) in [6.07, 6.45) is 0. The average Bonchev–Trinajstić information content (AvgIpc) is 2.36. The van der Waals surface area contributed by atoms with Crippen molar-refractivity contribution in [3.8, 4) is 0 Å². The summed E-state index contributed by atoms with van der Waals surface area (Å²) in [5.41, 5.74) is -2.32. The van der Waals surface area contributed by atoms with Crippen molar-refractivity contribution in [2.24, 2.45) is 0 Å². The van der Waals surface area contributed by atoms with Crippen molar-refractivity contribution in [1.29, 1.82) is 0 Å². The summed E-state index contributed by atoms with van der Waals surface area (Å²) < 4.78 is 22.1. The van der Waals surface area contributed by atoms with Crippen LogP contribution in [0.15, 0.2) is 12.1 Å². The molecule has 0 aliphatic rings. The van der Waals surface area contributed by atoms with Crippen molar-refractivity contribution in [2.75, 3.05) is 14.2 Å². The van der Waals surface area contributed by atoms with Gasteiger partial charge in [-0.3, -0.25) is 10.1 Å². The number of rotatable bonds is 3. The number of esters is 2. The molecule has 0 radical (unpaired) electrons. The third-order valence-corrected chi connectivity index (χ3v) is 2.11. The minimum atomic E-state index is -1.20. The van der Waals surface area contributed by atoms with Crippen molar-refractivity contribution in [3.05, 3.63) is 39.2 Å². The molecule has 0 bridgehead atoms. The lowest BCUT2D eigenvalue weighted by Crippen LogP contribution is -2.16. The van der Waals surface area contributed by atoms with E-state index in [2.05, 4.69) is 9.47 Å². The fourth-order valence-corrected chi connectivity index (χ4v) is 1.33. The Hall–Kier alpha value is -2.51. The Bertz CT molecular complexity index is 527. The standard InChI is InChI=1S/C10H8FNO6/c1-17-9(13)7-5(11)3-4-6(12(15)16)8(7)10(14)18-2/h3-4H,1-2H3. The van der Waals surface area contributed by atoms with Crippen molar-refractivity contribution in [3.63, 3.8) is 0 Å². The maximum atomic E-state index is 13.5. The first-order chi connectivity index (χ1) is 8.43. The summed E-state index contributed by atoms with van der Waals surface area (Å²) >= 11 is 0. The van der Waals surface area contributed by atoms with Gasteiger partial charge in [0.2, 0.25) is 0 Å². The van der Waals surface area contributed by atoms with E-state index in [0.717, 1.165) is 20.3 Å². The van der Waals surface area contributed by atoms with Gasteiger partial charge >= 0.3 is 11.9 Å². The largest absolute Gasteiger partial charge is 0.465 e. The van der Waals surface area contributed by atoms with Crippen molar-refractivity contribution >= 4 is 17.6 Å². The molecule has 0 fully saturated rings. The number of hydrogen-bond acceptors (Lipinski definition) is 6. The lowest BCUT2D eigenvalue weighted by Gasteiger charge is -2.07. The summed E-state index contributed by atoms with van der Waals surface area (Å²) in [6, 6.07) is 1.48. The number of carbonyl (C=O) groups is 2. The fraction of sp³-hybridized carbons (Fsp3) is 0.200. The number of benzene rings is 1. The van der Waals surface area contributed by atoms with Crippen LogP contribution in [0.25, 0.3) is 0 Å². The van der Waals surface area contributed by atoms with E-state index in [1.54, 1.807) is 0 Å². The second-order valence-corrected chi connectivity index (χ2v) is 3.06. The second kappa shape index (κ2) is 5.21. The Labute approximate surface area is 100 Å². The van der Waals surface area contributed by atoms with Crippen molar-refractivity contribution in [1.82, 2.24) is 0 Å². The molecule has 0 atom stereocenters. The normalized spacial score (nSPS) is 9.72. The number of hydrogen-bond donors (Lipinski definition) is 0. The Morgan fingerprint density at radius 1 is 1.17 bits per heavy atom. The summed E-state index contributed by atoms with van der Waals surface area (Å²) in [6.45, 7) is 0. The number of ether oxygens (including phenoxy) is 2. The zero-order valence-electron chi connectivity index (χ0n) is 9.43. The van der Waals surface area contributed by atoms with E-state index in [1.165, 1.54) is 0 Å². The number of carbonyl (C=O) groups excluding carboxylic acids is 2. The van der Waals surface area contributed by atoms with Gasteiger partial charge in [-0.1, -0.05) is 0 Å². The van der Waals surface area contributed by atoms with Crippen molar-refractivity contribution in [2.45, 2.75) is 0 Å². The first-order valence-electron chi connectivity index (χ1n) is 4.57. The van der Waals surface area contributed by atoms with Crippen molar-refractivity contribution < 1.29 is 28.4 Å². The monoisotopic (exact) mass is 257 g/mol. The van der Waals surface area contributed by atoms with Crippen LogP contribution in [-0.4, -0.2) is 31.1 Å². The molecule has 7 nitrogen and oxygen atoms in total. The highest BCUT2D eigenvalue weighted by atomic mass is 19.1. The summed E-state index contributed by atoms with van der Waals surface area (Å²) in [5.74, 6) is -3.49. The van der Waals surface area contributed by atoms with Crippen LogP contribution in [0.2, 0.25) is 0 Å². The quantitative estimate of drug-likeness (QED) is 0.460. The van der Waals surface area contributed by atoms with Crippen LogP contribution < -0.4 is 0 Å². The van der Waals surface area contributed by atoms with Gasteiger partial charge < -0.3 is 9.47 Å². The van der Waals surface area contributed by atoms with Gasteiger partial charge in [0.1, 0.15) is 11.4 Å². The molecular weight excluding hydrogens is 249 g/mol. The maximum absolute atomic E-state index is 13.5. The molecule has 1 rings (SSSR count). The predicted molar refractivity (Wildman–Crippen MR) is 55.7 cm³/mol.